The molecule has 126 valence electrons. The summed E-state index contributed by atoms with van der Waals surface area (Å²) in [5.74, 6) is 1.92. The molecule has 3 heterocycles. The standard InChI is InChI=1S/C16H17ClN4O2S/c17-12-3-1-11(2-4-12)14-9-21-13(10-23-14)15(18-19-21)16(22)20-5-7-24-8-6-20/h1-4,14H,5-10H2. The van der Waals surface area contributed by atoms with Crippen molar-refractivity contribution in [2.24, 2.45) is 0 Å². The number of rotatable bonds is 2. The Balaban J connectivity index is 1.53. The normalized spacial score (nSPS) is 20.7. The lowest BCUT2D eigenvalue weighted by atomic mass is 10.1. The molecule has 0 saturated carbocycles. The van der Waals surface area contributed by atoms with Crippen LogP contribution in [-0.2, 0) is 17.9 Å². The number of fused-ring (bicyclic) bond motifs is 1. The van der Waals surface area contributed by atoms with Crippen molar-refractivity contribution in [3.8, 4) is 0 Å². The number of aromatic nitrogens is 3. The molecule has 4 rings (SSSR count). The molecular weight excluding hydrogens is 348 g/mol. The van der Waals surface area contributed by atoms with Crippen LogP contribution in [-0.4, -0.2) is 50.4 Å². The Kier molecular flexibility index (Phi) is 4.47. The van der Waals surface area contributed by atoms with Gasteiger partial charge in [-0.15, -0.1) is 5.10 Å². The molecule has 0 radical (unpaired) electrons. The van der Waals surface area contributed by atoms with Gasteiger partial charge in [-0.3, -0.25) is 4.79 Å². The number of hydrogen-bond acceptors (Lipinski definition) is 5. The molecule has 8 heteroatoms. The second-order valence-electron chi connectivity index (χ2n) is 5.82. The molecule has 0 N–H and O–H groups in total. The predicted octanol–water partition coefficient (Wildman–Crippen LogP) is 2.39. The average molecular weight is 365 g/mol. The maximum absolute atomic E-state index is 12.7. The van der Waals surface area contributed by atoms with Crippen LogP contribution in [0.15, 0.2) is 24.3 Å². The van der Waals surface area contributed by atoms with Crippen molar-refractivity contribution in [3.05, 3.63) is 46.2 Å². The smallest absolute Gasteiger partial charge is 0.276 e. The van der Waals surface area contributed by atoms with Gasteiger partial charge in [0.25, 0.3) is 5.91 Å². The molecule has 1 saturated heterocycles. The van der Waals surface area contributed by atoms with Crippen molar-refractivity contribution < 1.29 is 9.53 Å². The number of halogens is 1. The highest BCUT2D eigenvalue weighted by molar-refractivity contribution is 7.99. The molecule has 1 amide bonds. The zero-order valence-electron chi connectivity index (χ0n) is 13.0. The van der Waals surface area contributed by atoms with Gasteiger partial charge in [-0.05, 0) is 17.7 Å². The molecule has 1 unspecified atom stereocenters. The third-order valence-electron chi connectivity index (χ3n) is 4.34. The van der Waals surface area contributed by atoms with Crippen LogP contribution in [0.3, 0.4) is 0 Å². The molecule has 2 aromatic rings. The third kappa shape index (κ3) is 3.03. The fourth-order valence-corrected chi connectivity index (χ4v) is 4.00. The Morgan fingerprint density at radius 3 is 2.75 bits per heavy atom. The number of benzene rings is 1. The summed E-state index contributed by atoms with van der Waals surface area (Å²) in [6, 6.07) is 7.60. The molecule has 1 aromatic heterocycles. The second kappa shape index (κ2) is 6.74. The average Bonchev–Trinajstić information content (AvgIpc) is 3.05. The molecule has 0 spiro atoms. The topological polar surface area (TPSA) is 60.3 Å². The van der Waals surface area contributed by atoms with E-state index in [-0.39, 0.29) is 12.0 Å². The summed E-state index contributed by atoms with van der Waals surface area (Å²) in [4.78, 5) is 14.5. The van der Waals surface area contributed by atoms with E-state index >= 15 is 0 Å². The maximum Gasteiger partial charge on any atom is 0.276 e. The first-order valence-electron chi connectivity index (χ1n) is 7.89. The summed E-state index contributed by atoms with van der Waals surface area (Å²) in [7, 11) is 0. The van der Waals surface area contributed by atoms with Crippen LogP contribution in [0, 0.1) is 0 Å². The minimum absolute atomic E-state index is 0.0370. The van der Waals surface area contributed by atoms with E-state index in [0.717, 1.165) is 35.9 Å². The van der Waals surface area contributed by atoms with Gasteiger partial charge in [0.15, 0.2) is 5.69 Å². The first-order chi connectivity index (χ1) is 11.7. The second-order valence-corrected chi connectivity index (χ2v) is 7.48. The Morgan fingerprint density at radius 1 is 1.25 bits per heavy atom. The molecular formula is C16H17ClN4O2S. The summed E-state index contributed by atoms with van der Waals surface area (Å²) in [5, 5.41) is 9.00. The molecule has 6 nitrogen and oxygen atoms in total. The number of thioether (sulfide) groups is 1. The minimum Gasteiger partial charge on any atom is -0.365 e. The summed E-state index contributed by atoms with van der Waals surface area (Å²) < 4.78 is 7.73. The van der Waals surface area contributed by atoms with Crippen LogP contribution in [0.4, 0.5) is 0 Å². The van der Waals surface area contributed by atoms with E-state index < -0.39 is 0 Å². The van der Waals surface area contributed by atoms with Crippen molar-refractivity contribution in [3.63, 3.8) is 0 Å². The highest BCUT2D eigenvalue weighted by atomic mass is 35.5. The summed E-state index contributed by atoms with van der Waals surface area (Å²) >= 11 is 7.80. The Hall–Kier alpha value is -1.57. The maximum atomic E-state index is 12.7. The van der Waals surface area contributed by atoms with Gasteiger partial charge in [0.05, 0.1) is 18.8 Å². The van der Waals surface area contributed by atoms with Gasteiger partial charge in [0, 0.05) is 29.6 Å². The van der Waals surface area contributed by atoms with Crippen molar-refractivity contribution in [2.45, 2.75) is 19.3 Å². The lowest BCUT2D eigenvalue weighted by molar-refractivity contribution is -0.00193. The zero-order chi connectivity index (χ0) is 16.5. The van der Waals surface area contributed by atoms with Crippen LogP contribution < -0.4 is 0 Å². The molecule has 2 aliphatic heterocycles. The van der Waals surface area contributed by atoms with Crippen LogP contribution in [0.25, 0.3) is 0 Å². The van der Waals surface area contributed by atoms with Crippen LogP contribution in [0.2, 0.25) is 5.02 Å². The lowest BCUT2D eigenvalue weighted by Crippen LogP contribution is -2.38. The van der Waals surface area contributed by atoms with Gasteiger partial charge in [0.2, 0.25) is 0 Å². The van der Waals surface area contributed by atoms with Crippen LogP contribution >= 0.6 is 23.4 Å². The Labute approximate surface area is 149 Å². The van der Waals surface area contributed by atoms with Crippen molar-refractivity contribution >= 4 is 29.3 Å². The van der Waals surface area contributed by atoms with E-state index in [9.17, 15) is 4.79 Å². The number of nitrogens with zero attached hydrogens (tertiary/aromatic N) is 4. The van der Waals surface area contributed by atoms with Crippen LogP contribution in [0.1, 0.15) is 27.8 Å². The van der Waals surface area contributed by atoms with Gasteiger partial charge in [-0.1, -0.05) is 28.9 Å². The van der Waals surface area contributed by atoms with E-state index in [0.29, 0.717) is 23.9 Å². The quantitative estimate of drug-likeness (QED) is 0.818. The third-order valence-corrected chi connectivity index (χ3v) is 5.53. The van der Waals surface area contributed by atoms with Gasteiger partial charge in [-0.2, -0.15) is 11.8 Å². The van der Waals surface area contributed by atoms with E-state index in [1.165, 1.54) is 0 Å². The lowest BCUT2D eigenvalue weighted by Gasteiger charge is -2.27. The van der Waals surface area contributed by atoms with Gasteiger partial charge in [0.1, 0.15) is 6.10 Å². The van der Waals surface area contributed by atoms with Gasteiger partial charge < -0.3 is 9.64 Å². The molecule has 1 fully saturated rings. The van der Waals surface area contributed by atoms with E-state index in [4.69, 9.17) is 16.3 Å². The number of carbonyl (C=O) groups excluding carboxylic acids is 1. The monoisotopic (exact) mass is 364 g/mol. The number of carbonyl (C=O) groups is 1. The Morgan fingerprint density at radius 2 is 2.00 bits per heavy atom. The van der Waals surface area contributed by atoms with Crippen molar-refractivity contribution in [2.75, 3.05) is 24.6 Å². The SMILES string of the molecule is O=C(c1nnn2c1COC(c1ccc(Cl)cc1)C2)N1CCSCC1. The Bertz CT molecular complexity index is 743. The van der Waals surface area contributed by atoms with E-state index in [1.807, 2.05) is 40.9 Å². The summed E-state index contributed by atoms with van der Waals surface area (Å²) in [6.45, 7) is 2.42. The molecule has 1 atom stereocenters. The highest BCUT2D eigenvalue weighted by Gasteiger charge is 2.30. The summed E-state index contributed by atoms with van der Waals surface area (Å²) in [6.07, 6.45) is -0.106. The predicted molar refractivity (Wildman–Crippen MR) is 92.2 cm³/mol. The first kappa shape index (κ1) is 15.9. The first-order valence-corrected chi connectivity index (χ1v) is 9.42. The number of ether oxygens (including phenoxy) is 1. The van der Waals surface area contributed by atoms with E-state index in [1.54, 1.807) is 4.68 Å². The molecule has 0 aliphatic carbocycles. The van der Waals surface area contributed by atoms with Crippen LogP contribution in [0.5, 0.6) is 0 Å². The minimum atomic E-state index is -0.106. The van der Waals surface area contributed by atoms with E-state index in [2.05, 4.69) is 10.3 Å². The zero-order valence-corrected chi connectivity index (χ0v) is 14.6. The number of hydrogen-bond donors (Lipinski definition) is 0. The molecule has 1 aromatic carbocycles. The molecule has 24 heavy (non-hydrogen) atoms. The summed E-state index contributed by atoms with van der Waals surface area (Å²) in [5.41, 5.74) is 2.24. The van der Waals surface area contributed by atoms with Crippen molar-refractivity contribution in [1.82, 2.24) is 19.9 Å². The number of amides is 1. The highest BCUT2D eigenvalue weighted by Crippen LogP contribution is 2.28. The van der Waals surface area contributed by atoms with Gasteiger partial charge >= 0.3 is 0 Å². The molecule has 2 aliphatic rings. The van der Waals surface area contributed by atoms with Crippen molar-refractivity contribution in [1.29, 1.82) is 0 Å². The molecule has 0 bridgehead atoms. The fraction of sp³-hybridized carbons (Fsp3) is 0.438. The fourth-order valence-electron chi connectivity index (χ4n) is 2.97. The largest absolute Gasteiger partial charge is 0.365 e. The van der Waals surface area contributed by atoms with Gasteiger partial charge in [-0.25, -0.2) is 4.68 Å².